The van der Waals surface area contributed by atoms with Crippen molar-refractivity contribution < 1.29 is 14.4 Å². The molecular formula is C36H47N5O3. The topological polar surface area (TPSA) is 88.8 Å². The van der Waals surface area contributed by atoms with Crippen LogP contribution in [-0.2, 0) is 32.8 Å². The molecule has 8 heteroatoms. The predicted octanol–water partition coefficient (Wildman–Crippen LogP) is 4.49. The van der Waals surface area contributed by atoms with E-state index in [0.717, 1.165) is 69.4 Å². The molecule has 3 atom stereocenters. The van der Waals surface area contributed by atoms with Crippen molar-refractivity contribution in [2.24, 2.45) is 11.8 Å². The van der Waals surface area contributed by atoms with E-state index >= 15 is 0 Å². The van der Waals surface area contributed by atoms with Crippen LogP contribution < -0.4 is 5.32 Å². The lowest BCUT2D eigenvalue weighted by Crippen LogP contribution is -2.66. The fourth-order valence-electron chi connectivity index (χ4n) is 8.00. The average Bonchev–Trinajstić information content (AvgIpc) is 3.43. The number of fused-ring (bicyclic) bond motifs is 5. The van der Waals surface area contributed by atoms with Gasteiger partial charge >= 0.3 is 0 Å². The van der Waals surface area contributed by atoms with Crippen LogP contribution in [0.15, 0.2) is 54.6 Å². The molecule has 3 aliphatic rings. The van der Waals surface area contributed by atoms with Crippen molar-refractivity contribution in [3.8, 4) is 0 Å². The van der Waals surface area contributed by atoms with E-state index in [9.17, 15) is 14.4 Å². The Hall–Kier alpha value is -3.65. The molecule has 0 spiro atoms. The number of nitrogens with one attached hydrogen (secondary N) is 2. The van der Waals surface area contributed by atoms with Crippen molar-refractivity contribution in [1.82, 2.24) is 25.0 Å². The Labute approximate surface area is 261 Å². The van der Waals surface area contributed by atoms with Crippen LogP contribution in [0.5, 0.6) is 0 Å². The van der Waals surface area contributed by atoms with Crippen LogP contribution >= 0.6 is 0 Å². The minimum Gasteiger partial charge on any atom is -0.356 e. The Kier molecular flexibility index (Phi) is 9.08. The highest BCUT2D eigenvalue weighted by atomic mass is 16.2. The third-order valence-electron chi connectivity index (χ3n) is 10.2. The third kappa shape index (κ3) is 5.88. The Bertz CT molecular complexity index is 1480. The molecule has 3 aliphatic heterocycles. The molecule has 8 nitrogen and oxygen atoms in total. The highest BCUT2D eigenvalue weighted by Gasteiger charge is 2.59. The summed E-state index contributed by atoms with van der Waals surface area (Å²) in [6.45, 7) is 3.53. The number of aromatic nitrogens is 1. The summed E-state index contributed by atoms with van der Waals surface area (Å²) >= 11 is 0. The lowest BCUT2D eigenvalue weighted by molar-refractivity contribution is -0.167. The third-order valence-corrected chi connectivity index (χ3v) is 10.2. The number of aryl methyl sites for hydroxylation is 1. The molecule has 0 bridgehead atoms. The first-order valence-corrected chi connectivity index (χ1v) is 16.5. The Morgan fingerprint density at radius 1 is 1.00 bits per heavy atom. The summed E-state index contributed by atoms with van der Waals surface area (Å²) in [6, 6.07) is 18.7. The van der Waals surface area contributed by atoms with Crippen LogP contribution in [0.4, 0.5) is 0 Å². The van der Waals surface area contributed by atoms with Gasteiger partial charge in [0.2, 0.25) is 17.7 Å². The molecule has 44 heavy (non-hydrogen) atoms. The van der Waals surface area contributed by atoms with Crippen molar-refractivity contribution >= 4 is 28.6 Å². The smallest absolute Gasteiger partial charge is 0.228 e. The number of aromatic amines is 1. The Morgan fingerprint density at radius 2 is 1.75 bits per heavy atom. The number of H-pyrrole nitrogens is 1. The molecule has 3 amide bonds. The number of rotatable bonds is 10. The first kappa shape index (κ1) is 30.4. The van der Waals surface area contributed by atoms with E-state index in [1.165, 1.54) is 16.5 Å². The molecule has 234 valence electrons. The number of nitrogens with zero attached hydrogens (tertiary/aromatic N) is 3. The van der Waals surface area contributed by atoms with Gasteiger partial charge in [0.1, 0.15) is 0 Å². The predicted molar refractivity (Wildman–Crippen MR) is 173 cm³/mol. The molecule has 0 radical (unpaired) electrons. The molecule has 4 heterocycles. The Balaban J connectivity index is 1.39. The van der Waals surface area contributed by atoms with Crippen molar-refractivity contribution in [2.75, 3.05) is 46.8 Å². The van der Waals surface area contributed by atoms with Crippen LogP contribution in [-0.4, -0.2) is 84.2 Å². The van der Waals surface area contributed by atoms with Crippen molar-refractivity contribution in [3.63, 3.8) is 0 Å². The highest BCUT2D eigenvalue weighted by molar-refractivity contribution is 5.93. The highest BCUT2D eigenvalue weighted by Crippen LogP contribution is 2.52. The van der Waals surface area contributed by atoms with Crippen LogP contribution in [0.2, 0.25) is 0 Å². The Morgan fingerprint density at radius 3 is 2.52 bits per heavy atom. The lowest BCUT2D eigenvalue weighted by Gasteiger charge is -2.56. The second-order valence-corrected chi connectivity index (χ2v) is 13.3. The zero-order valence-corrected chi connectivity index (χ0v) is 26.3. The van der Waals surface area contributed by atoms with Crippen molar-refractivity contribution in [2.45, 2.75) is 63.3 Å². The summed E-state index contributed by atoms with van der Waals surface area (Å²) in [7, 11) is 4.03. The minimum atomic E-state index is -0.799. The second-order valence-electron chi connectivity index (χ2n) is 13.3. The van der Waals surface area contributed by atoms with Gasteiger partial charge in [-0.2, -0.15) is 0 Å². The van der Waals surface area contributed by atoms with Crippen LogP contribution in [0.1, 0.15) is 61.8 Å². The largest absolute Gasteiger partial charge is 0.356 e. The number of hydrogen-bond donors (Lipinski definition) is 2. The molecule has 6 rings (SSSR count). The van der Waals surface area contributed by atoms with Crippen LogP contribution in [0.25, 0.3) is 10.9 Å². The minimum absolute atomic E-state index is 0.00787. The van der Waals surface area contributed by atoms with E-state index in [1.807, 2.05) is 36.0 Å². The molecule has 2 aromatic carbocycles. The number of benzene rings is 2. The van der Waals surface area contributed by atoms with Crippen molar-refractivity contribution in [3.05, 3.63) is 71.4 Å². The van der Waals surface area contributed by atoms with Gasteiger partial charge in [-0.25, -0.2) is 0 Å². The van der Waals surface area contributed by atoms with E-state index in [1.54, 1.807) is 0 Å². The maximum atomic E-state index is 14.7. The first-order valence-electron chi connectivity index (χ1n) is 16.5. The number of likely N-dealkylation sites (tertiary alicyclic amines) is 1. The fraction of sp³-hybridized carbons (Fsp3) is 0.528. The maximum Gasteiger partial charge on any atom is 0.228 e. The van der Waals surface area contributed by atoms with Gasteiger partial charge in [-0.05, 0) is 89.2 Å². The van der Waals surface area contributed by atoms with Gasteiger partial charge in [0.25, 0.3) is 0 Å². The zero-order valence-electron chi connectivity index (χ0n) is 26.3. The fourth-order valence-corrected chi connectivity index (χ4v) is 8.00. The molecular weight excluding hydrogens is 550 g/mol. The number of hydrogen-bond acceptors (Lipinski definition) is 4. The van der Waals surface area contributed by atoms with Gasteiger partial charge in [0, 0.05) is 55.1 Å². The van der Waals surface area contributed by atoms with E-state index in [0.29, 0.717) is 25.9 Å². The summed E-state index contributed by atoms with van der Waals surface area (Å²) in [5.74, 6) is -0.905. The maximum absolute atomic E-state index is 14.7. The van der Waals surface area contributed by atoms with Crippen molar-refractivity contribution in [1.29, 1.82) is 0 Å². The van der Waals surface area contributed by atoms with Crippen LogP contribution in [0, 0.1) is 11.8 Å². The van der Waals surface area contributed by atoms with Gasteiger partial charge in [-0.1, -0.05) is 48.5 Å². The number of piperidine rings is 2. The second kappa shape index (κ2) is 13.1. The summed E-state index contributed by atoms with van der Waals surface area (Å²) in [5, 5.41) is 4.21. The molecule has 0 aliphatic carbocycles. The molecule has 2 saturated heterocycles. The van der Waals surface area contributed by atoms with E-state index in [-0.39, 0.29) is 24.1 Å². The van der Waals surface area contributed by atoms with Gasteiger partial charge in [0.15, 0.2) is 0 Å². The molecule has 2 fully saturated rings. The first-order chi connectivity index (χ1) is 21.4. The van der Waals surface area contributed by atoms with Crippen LogP contribution in [0.3, 0.4) is 0 Å². The van der Waals surface area contributed by atoms with E-state index in [4.69, 9.17) is 0 Å². The summed E-state index contributed by atoms with van der Waals surface area (Å²) in [6.07, 6.45) is 6.65. The SMILES string of the molecule is CN(C)CCCNC(=O)CC1C[C@H](C(=O)N2CCCCC2)[C@@]2(CCc3ccccc3)c3[nH]c4ccccc4c3CCN2C1=O. The quantitative estimate of drug-likeness (QED) is 0.337. The number of amides is 3. The number of carbonyl (C=O) groups excluding carboxylic acids is 3. The standard InChI is InChI=1S/C36H47N5O3/c1-39(2)20-11-19-37-32(42)25-27-24-30(35(44)40-21-9-4-10-22-40)36(18-16-26-12-5-3-6-13-26)33-29(17-23-41(36)34(27)43)28-14-7-8-15-31(28)38-33/h3,5-8,12-15,27,30,38H,4,9-11,16-25H2,1-2H3,(H,37,42)/t27?,30-,36+/m1/s1. The van der Waals surface area contributed by atoms with Gasteiger partial charge in [0.05, 0.1) is 11.5 Å². The molecule has 1 unspecified atom stereocenters. The summed E-state index contributed by atoms with van der Waals surface area (Å²) < 4.78 is 0. The molecule has 2 N–H and O–H groups in total. The van der Waals surface area contributed by atoms with E-state index < -0.39 is 17.4 Å². The van der Waals surface area contributed by atoms with Gasteiger partial charge in [-0.15, -0.1) is 0 Å². The van der Waals surface area contributed by atoms with Gasteiger partial charge in [-0.3, -0.25) is 14.4 Å². The summed E-state index contributed by atoms with van der Waals surface area (Å²) in [5.41, 5.74) is 3.70. The lowest BCUT2D eigenvalue weighted by atomic mass is 9.64. The number of carbonyl (C=O) groups is 3. The average molecular weight is 598 g/mol. The normalized spacial score (nSPS) is 23.5. The zero-order chi connectivity index (χ0) is 30.7. The molecule has 1 aromatic heterocycles. The van der Waals surface area contributed by atoms with Gasteiger partial charge < -0.3 is 25.0 Å². The van der Waals surface area contributed by atoms with E-state index in [2.05, 4.69) is 57.7 Å². The summed E-state index contributed by atoms with van der Waals surface area (Å²) in [4.78, 5) is 52.3. The number of para-hydroxylation sites is 1. The molecule has 3 aromatic rings. The monoisotopic (exact) mass is 597 g/mol. The molecule has 0 saturated carbocycles.